The van der Waals surface area contributed by atoms with Gasteiger partial charge in [-0.2, -0.15) is 14.6 Å². The first-order valence-electron chi connectivity index (χ1n) is 7.49. The maximum absolute atomic E-state index is 13.2. The van der Waals surface area contributed by atoms with Crippen LogP contribution in [0.4, 0.5) is 10.2 Å². The Morgan fingerprint density at radius 2 is 2.04 bits per heavy atom. The lowest BCUT2D eigenvalue weighted by atomic mass is 10.0. The molecular formula is C16H16FN5O. The van der Waals surface area contributed by atoms with E-state index in [9.17, 15) is 9.50 Å². The lowest BCUT2D eigenvalue weighted by Crippen LogP contribution is -2.27. The Labute approximate surface area is 132 Å². The molecule has 6 nitrogen and oxygen atoms in total. The first kappa shape index (κ1) is 14.1. The van der Waals surface area contributed by atoms with Gasteiger partial charge in [0.1, 0.15) is 18.0 Å². The summed E-state index contributed by atoms with van der Waals surface area (Å²) in [5.41, 5.74) is 1.80. The fourth-order valence-corrected chi connectivity index (χ4v) is 3.18. The van der Waals surface area contributed by atoms with Crippen LogP contribution in [0.5, 0.6) is 0 Å². The molecule has 0 radical (unpaired) electrons. The van der Waals surface area contributed by atoms with Crippen molar-refractivity contribution < 1.29 is 9.50 Å². The van der Waals surface area contributed by atoms with E-state index in [1.165, 1.54) is 18.5 Å². The Morgan fingerprint density at radius 1 is 1.26 bits per heavy atom. The van der Waals surface area contributed by atoms with Crippen molar-refractivity contribution in [3.8, 4) is 0 Å². The van der Waals surface area contributed by atoms with Crippen LogP contribution in [0, 0.1) is 12.7 Å². The van der Waals surface area contributed by atoms with Gasteiger partial charge >= 0.3 is 0 Å². The number of β-amino-alcohol motifs (C(OH)–C–C–N with tert-alkyl or cyclic N) is 1. The molecule has 1 saturated heterocycles. The molecule has 4 rings (SSSR count). The monoisotopic (exact) mass is 313 g/mol. The SMILES string of the molecule is Cc1cc(N2C[C@@H](O)C[C@@H]2c2ccc(F)cc2)n2ncnc2n1. The molecule has 2 atom stereocenters. The second-order valence-electron chi connectivity index (χ2n) is 5.84. The number of benzene rings is 1. The van der Waals surface area contributed by atoms with Crippen molar-refractivity contribution in [2.75, 3.05) is 11.4 Å². The summed E-state index contributed by atoms with van der Waals surface area (Å²) in [5, 5.41) is 14.4. The van der Waals surface area contributed by atoms with Crippen molar-refractivity contribution in [1.29, 1.82) is 0 Å². The molecule has 0 bridgehead atoms. The number of aromatic nitrogens is 4. The molecule has 1 N–H and O–H groups in total. The van der Waals surface area contributed by atoms with Crippen LogP contribution in [0.25, 0.3) is 5.78 Å². The van der Waals surface area contributed by atoms with Gasteiger partial charge in [-0.1, -0.05) is 12.1 Å². The fraction of sp³-hybridized carbons (Fsp3) is 0.312. The molecule has 118 valence electrons. The zero-order valence-corrected chi connectivity index (χ0v) is 12.6. The summed E-state index contributed by atoms with van der Waals surface area (Å²) >= 11 is 0. The second-order valence-corrected chi connectivity index (χ2v) is 5.84. The average Bonchev–Trinajstić information content (AvgIpc) is 3.13. The summed E-state index contributed by atoms with van der Waals surface area (Å²) in [6.45, 7) is 2.39. The van der Waals surface area contributed by atoms with E-state index in [4.69, 9.17) is 0 Å². The second kappa shape index (κ2) is 5.27. The fourth-order valence-electron chi connectivity index (χ4n) is 3.18. The Bertz CT molecular complexity index is 847. The first-order valence-corrected chi connectivity index (χ1v) is 7.49. The molecule has 0 amide bonds. The van der Waals surface area contributed by atoms with E-state index in [0.717, 1.165) is 17.1 Å². The smallest absolute Gasteiger partial charge is 0.254 e. The number of halogens is 1. The minimum Gasteiger partial charge on any atom is -0.391 e. The molecule has 2 aromatic heterocycles. The van der Waals surface area contributed by atoms with E-state index in [1.807, 2.05) is 13.0 Å². The highest BCUT2D eigenvalue weighted by molar-refractivity contribution is 5.50. The third kappa shape index (κ3) is 2.43. The molecule has 1 aliphatic heterocycles. The summed E-state index contributed by atoms with van der Waals surface area (Å²) < 4.78 is 14.9. The molecule has 0 spiro atoms. The van der Waals surface area contributed by atoms with Crippen LogP contribution in [0.2, 0.25) is 0 Å². The van der Waals surface area contributed by atoms with Gasteiger partial charge in [0.05, 0.1) is 12.1 Å². The summed E-state index contributed by atoms with van der Waals surface area (Å²) in [6, 6.07) is 8.30. The van der Waals surface area contributed by atoms with Crippen molar-refractivity contribution in [3.05, 3.63) is 53.7 Å². The quantitative estimate of drug-likeness (QED) is 0.782. The van der Waals surface area contributed by atoms with Gasteiger partial charge in [0.15, 0.2) is 0 Å². The van der Waals surface area contributed by atoms with E-state index >= 15 is 0 Å². The molecule has 0 unspecified atom stereocenters. The standard InChI is InChI=1S/C16H16FN5O/c1-10-6-15(22-16(20-10)18-9-19-22)21-8-13(23)7-14(21)11-2-4-12(17)5-3-11/h2-6,9,13-14,23H,7-8H2,1H3/t13-,14+/m0/s1. The van der Waals surface area contributed by atoms with Gasteiger partial charge in [-0.3, -0.25) is 0 Å². The largest absolute Gasteiger partial charge is 0.391 e. The highest BCUT2D eigenvalue weighted by atomic mass is 19.1. The van der Waals surface area contributed by atoms with Crippen molar-refractivity contribution in [1.82, 2.24) is 19.6 Å². The number of aliphatic hydroxyl groups excluding tert-OH is 1. The van der Waals surface area contributed by atoms with Crippen LogP contribution < -0.4 is 4.90 Å². The van der Waals surface area contributed by atoms with E-state index in [2.05, 4.69) is 20.0 Å². The van der Waals surface area contributed by atoms with Crippen molar-refractivity contribution >= 4 is 11.6 Å². The third-order valence-electron chi connectivity index (χ3n) is 4.19. The van der Waals surface area contributed by atoms with E-state index in [0.29, 0.717) is 18.7 Å². The van der Waals surface area contributed by atoms with E-state index in [1.54, 1.807) is 16.6 Å². The predicted octanol–water partition coefficient (Wildman–Crippen LogP) is 1.88. The van der Waals surface area contributed by atoms with Crippen LogP contribution in [0.15, 0.2) is 36.7 Å². The summed E-state index contributed by atoms with van der Waals surface area (Å²) in [7, 11) is 0. The van der Waals surface area contributed by atoms with Crippen LogP contribution in [0.3, 0.4) is 0 Å². The highest BCUT2D eigenvalue weighted by Gasteiger charge is 2.34. The molecule has 1 aliphatic rings. The third-order valence-corrected chi connectivity index (χ3v) is 4.19. The minimum absolute atomic E-state index is 0.0419. The molecule has 1 aromatic carbocycles. The van der Waals surface area contributed by atoms with Crippen LogP contribution in [0.1, 0.15) is 23.7 Å². The van der Waals surface area contributed by atoms with Gasteiger partial charge in [-0.25, -0.2) is 9.37 Å². The Hall–Kier alpha value is -2.54. The zero-order valence-electron chi connectivity index (χ0n) is 12.6. The Kier molecular flexibility index (Phi) is 3.23. The zero-order chi connectivity index (χ0) is 16.0. The molecule has 3 heterocycles. The van der Waals surface area contributed by atoms with Gasteiger partial charge < -0.3 is 10.0 Å². The molecule has 3 aromatic rings. The van der Waals surface area contributed by atoms with Crippen molar-refractivity contribution in [2.24, 2.45) is 0 Å². The molecule has 0 aliphatic carbocycles. The van der Waals surface area contributed by atoms with Gasteiger partial charge in [0, 0.05) is 18.3 Å². The molecule has 1 fully saturated rings. The molecule has 0 saturated carbocycles. The van der Waals surface area contributed by atoms with Gasteiger partial charge in [-0.15, -0.1) is 0 Å². The average molecular weight is 313 g/mol. The van der Waals surface area contributed by atoms with Crippen molar-refractivity contribution in [2.45, 2.75) is 25.5 Å². The summed E-state index contributed by atoms with van der Waals surface area (Å²) in [5.74, 6) is 1.09. The van der Waals surface area contributed by atoms with Crippen LogP contribution >= 0.6 is 0 Å². The van der Waals surface area contributed by atoms with Gasteiger partial charge in [0.2, 0.25) is 0 Å². The Balaban J connectivity index is 1.81. The maximum atomic E-state index is 13.2. The first-order chi connectivity index (χ1) is 11.1. The van der Waals surface area contributed by atoms with E-state index in [-0.39, 0.29) is 11.9 Å². The van der Waals surface area contributed by atoms with E-state index < -0.39 is 6.10 Å². The number of aryl methyl sites for hydroxylation is 1. The summed E-state index contributed by atoms with van der Waals surface area (Å²) in [6.07, 6.45) is 1.60. The number of anilines is 1. The number of hydrogen-bond donors (Lipinski definition) is 1. The van der Waals surface area contributed by atoms with Crippen molar-refractivity contribution in [3.63, 3.8) is 0 Å². The van der Waals surface area contributed by atoms with Gasteiger partial charge in [-0.05, 0) is 31.0 Å². The maximum Gasteiger partial charge on any atom is 0.254 e. The highest BCUT2D eigenvalue weighted by Crippen LogP contribution is 2.36. The molecule has 7 heteroatoms. The number of fused-ring (bicyclic) bond motifs is 1. The van der Waals surface area contributed by atoms with Crippen LogP contribution in [-0.4, -0.2) is 37.3 Å². The lowest BCUT2D eigenvalue weighted by Gasteiger charge is -2.27. The van der Waals surface area contributed by atoms with Crippen LogP contribution in [-0.2, 0) is 0 Å². The minimum atomic E-state index is -0.447. The molecule has 23 heavy (non-hydrogen) atoms. The number of rotatable bonds is 2. The normalized spacial score (nSPS) is 21.3. The Morgan fingerprint density at radius 3 is 2.83 bits per heavy atom. The van der Waals surface area contributed by atoms with Gasteiger partial charge in [0.25, 0.3) is 5.78 Å². The lowest BCUT2D eigenvalue weighted by molar-refractivity contribution is 0.194. The number of aliphatic hydroxyl groups is 1. The topological polar surface area (TPSA) is 66.5 Å². The number of nitrogens with zero attached hydrogens (tertiary/aromatic N) is 5. The number of hydrogen-bond acceptors (Lipinski definition) is 5. The summed E-state index contributed by atoms with van der Waals surface area (Å²) in [4.78, 5) is 10.6. The predicted molar refractivity (Wildman–Crippen MR) is 82.6 cm³/mol. The molecular weight excluding hydrogens is 297 g/mol.